The number of nitrogens with zero attached hydrogens (tertiary/aromatic N) is 1. The van der Waals surface area contributed by atoms with Gasteiger partial charge >= 0.3 is 6.09 Å². The lowest BCUT2D eigenvalue weighted by atomic mass is 10.0. The molecule has 3 rings (SSSR count). The van der Waals surface area contributed by atoms with Gasteiger partial charge in [0, 0.05) is 36.6 Å². The van der Waals surface area contributed by atoms with E-state index in [4.69, 9.17) is 4.74 Å². The van der Waals surface area contributed by atoms with E-state index in [-0.39, 0.29) is 30.0 Å². The zero-order valence-corrected chi connectivity index (χ0v) is 17.3. The molecule has 0 unspecified atom stereocenters. The van der Waals surface area contributed by atoms with Gasteiger partial charge in [0.25, 0.3) is 5.56 Å². The van der Waals surface area contributed by atoms with Crippen LogP contribution in [0, 0.1) is 13.8 Å². The number of fused-ring (bicyclic) bond motifs is 1. The number of nitrogens with one attached hydrogen (secondary N) is 2. The van der Waals surface area contributed by atoms with E-state index in [1.807, 2.05) is 26.0 Å². The van der Waals surface area contributed by atoms with Gasteiger partial charge in [0.15, 0.2) is 0 Å². The van der Waals surface area contributed by atoms with Crippen LogP contribution in [-0.2, 0) is 16.0 Å². The van der Waals surface area contributed by atoms with E-state index in [1.54, 1.807) is 11.8 Å². The maximum atomic E-state index is 12.3. The van der Waals surface area contributed by atoms with Gasteiger partial charge in [-0.05, 0) is 74.7 Å². The van der Waals surface area contributed by atoms with Crippen molar-refractivity contribution in [1.29, 1.82) is 0 Å². The molecule has 2 amide bonds. The largest absolute Gasteiger partial charge is 0.450 e. The average molecular weight is 399 g/mol. The van der Waals surface area contributed by atoms with Crippen LogP contribution in [0.5, 0.6) is 0 Å². The predicted octanol–water partition coefficient (Wildman–Crippen LogP) is 2.81. The first kappa shape index (κ1) is 20.9. The van der Waals surface area contributed by atoms with Gasteiger partial charge in [-0.1, -0.05) is 0 Å². The van der Waals surface area contributed by atoms with E-state index < -0.39 is 0 Å². The number of amides is 2. The predicted molar refractivity (Wildman–Crippen MR) is 112 cm³/mol. The highest BCUT2D eigenvalue weighted by atomic mass is 16.6. The Hall–Kier alpha value is -2.83. The molecule has 2 heterocycles. The fourth-order valence-electron chi connectivity index (χ4n) is 3.68. The summed E-state index contributed by atoms with van der Waals surface area (Å²) in [7, 11) is 0. The van der Waals surface area contributed by atoms with Crippen LogP contribution in [0.25, 0.3) is 10.9 Å². The quantitative estimate of drug-likeness (QED) is 0.809. The average Bonchev–Trinajstić information content (AvgIpc) is 2.68. The van der Waals surface area contributed by atoms with Crippen molar-refractivity contribution in [2.45, 2.75) is 52.5 Å². The summed E-state index contributed by atoms with van der Waals surface area (Å²) in [5.41, 5.74) is 3.60. The molecule has 1 aromatic carbocycles. The lowest BCUT2D eigenvalue weighted by Crippen LogP contribution is -2.46. The number of hydrogen-bond donors (Lipinski definition) is 2. The number of carbonyl (C=O) groups excluding carboxylic acids is 2. The Balaban J connectivity index is 1.53. The number of rotatable bonds is 5. The third kappa shape index (κ3) is 5.16. The molecular weight excluding hydrogens is 370 g/mol. The summed E-state index contributed by atoms with van der Waals surface area (Å²) in [5.74, 6) is -0.0702. The van der Waals surface area contributed by atoms with Gasteiger partial charge in [0.1, 0.15) is 0 Å². The Morgan fingerprint density at radius 1 is 1.17 bits per heavy atom. The van der Waals surface area contributed by atoms with Crippen molar-refractivity contribution in [3.63, 3.8) is 0 Å². The number of piperidine rings is 1. The summed E-state index contributed by atoms with van der Waals surface area (Å²) in [4.78, 5) is 41.0. The second-order valence-corrected chi connectivity index (χ2v) is 7.68. The molecular formula is C22H29N3O4. The van der Waals surface area contributed by atoms with E-state index in [9.17, 15) is 14.4 Å². The molecule has 0 aliphatic carbocycles. The van der Waals surface area contributed by atoms with Gasteiger partial charge < -0.3 is 19.9 Å². The zero-order valence-electron chi connectivity index (χ0n) is 17.3. The number of ether oxygens (including phenoxy) is 1. The molecule has 1 aliphatic rings. The number of pyridine rings is 1. The summed E-state index contributed by atoms with van der Waals surface area (Å²) in [6.45, 7) is 7.36. The summed E-state index contributed by atoms with van der Waals surface area (Å²) in [5, 5.41) is 4.00. The van der Waals surface area contributed by atoms with Gasteiger partial charge in [0.05, 0.1) is 6.61 Å². The summed E-state index contributed by atoms with van der Waals surface area (Å²) >= 11 is 0. The van der Waals surface area contributed by atoms with Crippen molar-refractivity contribution < 1.29 is 14.3 Å². The van der Waals surface area contributed by atoms with Crippen LogP contribution in [0.3, 0.4) is 0 Å². The highest BCUT2D eigenvalue weighted by Gasteiger charge is 2.24. The van der Waals surface area contributed by atoms with Crippen LogP contribution in [0.4, 0.5) is 4.79 Å². The number of H-pyrrole nitrogens is 1. The highest BCUT2D eigenvalue weighted by molar-refractivity contribution is 5.81. The molecule has 0 bridgehead atoms. The van der Waals surface area contributed by atoms with Gasteiger partial charge in [-0.15, -0.1) is 0 Å². The summed E-state index contributed by atoms with van der Waals surface area (Å²) in [6, 6.07) is 5.96. The van der Waals surface area contributed by atoms with Gasteiger partial charge in [-0.3, -0.25) is 9.59 Å². The fraction of sp³-hybridized carbons (Fsp3) is 0.500. The smallest absolute Gasteiger partial charge is 0.409 e. The number of carbonyl (C=O) groups is 2. The van der Waals surface area contributed by atoms with Crippen LogP contribution in [-0.4, -0.2) is 47.6 Å². The van der Waals surface area contributed by atoms with Gasteiger partial charge in [0.2, 0.25) is 5.91 Å². The van der Waals surface area contributed by atoms with E-state index >= 15 is 0 Å². The number of benzene rings is 1. The van der Waals surface area contributed by atoms with Crippen LogP contribution in [0.1, 0.15) is 42.9 Å². The first-order chi connectivity index (χ1) is 13.9. The topological polar surface area (TPSA) is 91.5 Å². The monoisotopic (exact) mass is 399 g/mol. The first-order valence-corrected chi connectivity index (χ1v) is 10.2. The normalized spacial score (nSPS) is 14.8. The summed E-state index contributed by atoms with van der Waals surface area (Å²) < 4.78 is 5.01. The minimum atomic E-state index is -0.293. The number of likely N-dealkylation sites (tertiary alicyclic amines) is 1. The van der Waals surface area contributed by atoms with Crippen LogP contribution >= 0.6 is 0 Å². The molecule has 0 radical (unpaired) electrons. The number of aromatic nitrogens is 1. The molecule has 1 saturated heterocycles. The Morgan fingerprint density at radius 3 is 2.55 bits per heavy atom. The fourth-order valence-corrected chi connectivity index (χ4v) is 3.68. The molecule has 7 nitrogen and oxygen atoms in total. The Bertz CT molecular complexity index is 958. The van der Waals surface area contributed by atoms with Crippen LogP contribution < -0.4 is 10.9 Å². The molecule has 1 fully saturated rings. The third-order valence-electron chi connectivity index (χ3n) is 5.54. The van der Waals surface area contributed by atoms with Crippen molar-refractivity contribution in [2.24, 2.45) is 0 Å². The number of hydrogen-bond acceptors (Lipinski definition) is 4. The maximum absolute atomic E-state index is 12.3. The zero-order chi connectivity index (χ0) is 21.0. The SMILES string of the molecule is CCOC(=O)N1CCC(NC(=O)CCc2cc3cc(C)c(C)cc3[nH]c2=O)CC1. The standard InChI is InChI=1S/C22H29N3O4/c1-4-29-22(28)25-9-7-18(8-10-25)23-20(26)6-5-16-13-17-11-14(2)15(3)12-19(17)24-21(16)27/h11-13,18H,4-10H2,1-3H3,(H,23,26)(H,24,27). The molecule has 1 aromatic heterocycles. The van der Waals surface area contributed by atoms with Gasteiger partial charge in [-0.25, -0.2) is 4.79 Å². The van der Waals surface area contributed by atoms with E-state index in [2.05, 4.69) is 16.4 Å². The minimum absolute atomic E-state index is 0.0497. The van der Waals surface area contributed by atoms with Gasteiger partial charge in [-0.2, -0.15) is 0 Å². The third-order valence-corrected chi connectivity index (χ3v) is 5.54. The Morgan fingerprint density at radius 2 is 1.86 bits per heavy atom. The molecule has 29 heavy (non-hydrogen) atoms. The number of aryl methyl sites for hydroxylation is 3. The van der Waals surface area contributed by atoms with E-state index in [0.29, 0.717) is 44.5 Å². The van der Waals surface area contributed by atoms with Crippen molar-refractivity contribution >= 4 is 22.9 Å². The Kier molecular flexibility index (Phi) is 6.56. The number of aromatic amines is 1. The van der Waals surface area contributed by atoms with Crippen molar-refractivity contribution in [3.8, 4) is 0 Å². The first-order valence-electron chi connectivity index (χ1n) is 10.2. The molecule has 0 saturated carbocycles. The molecule has 0 atom stereocenters. The van der Waals surface area contributed by atoms with E-state index in [1.165, 1.54) is 5.56 Å². The molecule has 0 spiro atoms. The molecule has 2 aromatic rings. The Labute approximate surface area is 170 Å². The van der Waals surface area contributed by atoms with Crippen molar-refractivity contribution in [1.82, 2.24) is 15.2 Å². The maximum Gasteiger partial charge on any atom is 0.409 e. The molecule has 156 valence electrons. The second kappa shape index (κ2) is 9.11. The molecule has 7 heteroatoms. The highest BCUT2D eigenvalue weighted by Crippen LogP contribution is 2.18. The van der Waals surface area contributed by atoms with E-state index in [0.717, 1.165) is 16.5 Å². The second-order valence-electron chi connectivity index (χ2n) is 7.68. The molecule has 1 aliphatic heterocycles. The lowest BCUT2D eigenvalue weighted by Gasteiger charge is -2.31. The van der Waals surface area contributed by atoms with Crippen molar-refractivity contribution in [2.75, 3.05) is 19.7 Å². The van der Waals surface area contributed by atoms with Crippen LogP contribution in [0.15, 0.2) is 23.0 Å². The lowest BCUT2D eigenvalue weighted by molar-refractivity contribution is -0.122. The van der Waals surface area contributed by atoms with Crippen LogP contribution in [0.2, 0.25) is 0 Å². The summed E-state index contributed by atoms with van der Waals surface area (Å²) in [6.07, 6.45) is 1.78. The van der Waals surface area contributed by atoms with Crippen molar-refractivity contribution in [3.05, 3.63) is 45.2 Å². The minimum Gasteiger partial charge on any atom is -0.450 e. The molecule has 2 N–H and O–H groups in total.